The van der Waals surface area contributed by atoms with Crippen LogP contribution >= 0.6 is 0 Å². The maximum atomic E-state index is 9.32. The van der Waals surface area contributed by atoms with Crippen LogP contribution in [-0.2, 0) is 11.3 Å². The fourth-order valence-electron chi connectivity index (χ4n) is 2.26. The van der Waals surface area contributed by atoms with Gasteiger partial charge in [-0.1, -0.05) is 30.3 Å². The first-order valence-corrected chi connectivity index (χ1v) is 6.30. The molecule has 17 heavy (non-hydrogen) atoms. The van der Waals surface area contributed by atoms with Crippen LogP contribution in [0, 0.1) is 0 Å². The predicted octanol–water partition coefficient (Wildman–Crippen LogP) is 1.66. The fraction of sp³-hybridized carbons (Fsp3) is 0.571. The second-order valence-corrected chi connectivity index (χ2v) is 4.82. The Kier molecular flexibility index (Phi) is 4.54. The van der Waals surface area contributed by atoms with Gasteiger partial charge >= 0.3 is 0 Å². The smallest absolute Gasteiger partial charge is 0.0721 e. The average molecular weight is 235 g/mol. The zero-order valence-corrected chi connectivity index (χ0v) is 10.4. The van der Waals surface area contributed by atoms with E-state index in [-0.39, 0.29) is 6.10 Å². The van der Waals surface area contributed by atoms with Crippen LogP contribution in [0.3, 0.4) is 0 Å². The number of aliphatic hydroxyl groups is 1. The molecule has 0 aliphatic carbocycles. The Morgan fingerprint density at radius 3 is 2.88 bits per heavy atom. The van der Waals surface area contributed by atoms with E-state index in [1.54, 1.807) is 0 Å². The highest BCUT2D eigenvalue weighted by molar-refractivity contribution is 5.13. The molecule has 0 bridgehead atoms. The van der Waals surface area contributed by atoms with E-state index < -0.39 is 0 Å². The van der Waals surface area contributed by atoms with Gasteiger partial charge in [-0.3, -0.25) is 4.90 Å². The van der Waals surface area contributed by atoms with Crippen LogP contribution in [0.1, 0.15) is 18.9 Å². The summed E-state index contributed by atoms with van der Waals surface area (Å²) in [5, 5.41) is 9.32. The normalized spacial score (nSPS) is 22.8. The lowest BCUT2D eigenvalue weighted by molar-refractivity contribution is 0.0427. The average Bonchev–Trinajstić information content (AvgIpc) is 2.75. The molecule has 1 aromatic rings. The number of ether oxygens (including phenoxy) is 1. The molecule has 1 aliphatic heterocycles. The molecule has 2 atom stereocenters. The summed E-state index contributed by atoms with van der Waals surface area (Å²) in [5.41, 5.74) is 1.22. The van der Waals surface area contributed by atoms with Gasteiger partial charge in [0.25, 0.3) is 0 Å². The molecule has 0 amide bonds. The molecule has 0 saturated carbocycles. The summed E-state index contributed by atoms with van der Waals surface area (Å²) in [5.74, 6) is 0. The Labute approximate surface area is 103 Å². The number of hydrogen-bond donors (Lipinski definition) is 1. The molecule has 0 spiro atoms. The minimum atomic E-state index is -0.247. The largest absolute Gasteiger partial charge is 0.392 e. The van der Waals surface area contributed by atoms with Crippen LogP contribution in [-0.4, -0.2) is 41.8 Å². The van der Waals surface area contributed by atoms with Crippen molar-refractivity contribution in [1.82, 2.24) is 4.90 Å². The standard InChI is InChI=1S/C14H21NO2/c1-12(16)9-15-8-7-14(10-15)17-11-13-5-3-2-4-6-13/h2-6,12,14,16H,7-11H2,1H3. The summed E-state index contributed by atoms with van der Waals surface area (Å²) in [6, 6.07) is 10.3. The van der Waals surface area contributed by atoms with Gasteiger partial charge in [-0.25, -0.2) is 0 Å². The van der Waals surface area contributed by atoms with Gasteiger partial charge < -0.3 is 9.84 Å². The van der Waals surface area contributed by atoms with Crippen LogP contribution in [0.2, 0.25) is 0 Å². The minimum absolute atomic E-state index is 0.247. The van der Waals surface area contributed by atoms with E-state index in [0.717, 1.165) is 26.1 Å². The minimum Gasteiger partial charge on any atom is -0.392 e. The molecule has 94 valence electrons. The SMILES string of the molecule is CC(O)CN1CCC(OCc2ccccc2)C1. The number of benzene rings is 1. The summed E-state index contributed by atoms with van der Waals surface area (Å²) in [6.07, 6.45) is 1.14. The van der Waals surface area contributed by atoms with E-state index in [9.17, 15) is 5.11 Å². The molecule has 2 unspecified atom stereocenters. The van der Waals surface area contributed by atoms with Crippen molar-refractivity contribution in [3.05, 3.63) is 35.9 Å². The molecule has 3 nitrogen and oxygen atoms in total. The fourth-order valence-corrected chi connectivity index (χ4v) is 2.26. The molecule has 3 heteroatoms. The Balaban J connectivity index is 1.71. The molecule has 1 N–H and O–H groups in total. The van der Waals surface area contributed by atoms with Crippen LogP contribution in [0.4, 0.5) is 0 Å². The third-order valence-corrected chi connectivity index (χ3v) is 3.08. The number of nitrogens with zero attached hydrogens (tertiary/aromatic N) is 1. The van der Waals surface area contributed by atoms with E-state index >= 15 is 0 Å². The molecule has 0 aromatic heterocycles. The zero-order chi connectivity index (χ0) is 12.1. The van der Waals surface area contributed by atoms with E-state index in [0.29, 0.717) is 12.7 Å². The van der Waals surface area contributed by atoms with Crippen LogP contribution in [0.25, 0.3) is 0 Å². The number of aliphatic hydroxyl groups excluding tert-OH is 1. The van der Waals surface area contributed by atoms with Crippen LogP contribution < -0.4 is 0 Å². The predicted molar refractivity (Wildman–Crippen MR) is 67.8 cm³/mol. The Hall–Kier alpha value is -0.900. The number of likely N-dealkylation sites (tertiary alicyclic amines) is 1. The lowest BCUT2D eigenvalue weighted by Crippen LogP contribution is -2.30. The molecule has 1 fully saturated rings. The first kappa shape index (κ1) is 12.6. The highest BCUT2D eigenvalue weighted by atomic mass is 16.5. The van der Waals surface area contributed by atoms with Crippen molar-refractivity contribution >= 4 is 0 Å². The van der Waals surface area contributed by atoms with E-state index in [4.69, 9.17) is 4.74 Å². The second-order valence-electron chi connectivity index (χ2n) is 4.82. The summed E-state index contributed by atoms with van der Waals surface area (Å²) in [4.78, 5) is 2.26. The van der Waals surface area contributed by atoms with E-state index in [1.807, 2.05) is 25.1 Å². The maximum Gasteiger partial charge on any atom is 0.0721 e. The van der Waals surface area contributed by atoms with Crippen LogP contribution in [0.5, 0.6) is 0 Å². The van der Waals surface area contributed by atoms with Gasteiger partial charge in [-0.2, -0.15) is 0 Å². The van der Waals surface area contributed by atoms with Gasteiger partial charge in [0.2, 0.25) is 0 Å². The molecule has 0 radical (unpaired) electrons. The van der Waals surface area contributed by atoms with Crippen molar-refractivity contribution in [3.63, 3.8) is 0 Å². The number of β-amino-alcohol motifs (C(OH)–C–C–N with tert-alkyl or cyclic N) is 1. The molecule has 1 aromatic carbocycles. The van der Waals surface area contributed by atoms with Gasteiger partial charge in [0, 0.05) is 19.6 Å². The van der Waals surface area contributed by atoms with Crippen molar-refractivity contribution in [3.8, 4) is 0 Å². The van der Waals surface area contributed by atoms with Crippen LogP contribution in [0.15, 0.2) is 30.3 Å². The van der Waals surface area contributed by atoms with Gasteiger partial charge in [0.05, 0.1) is 18.8 Å². The third-order valence-electron chi connectivity index (χ3n) is 3.08. The Morgan fingerprint density at radius 1 is 1.41 bits per heavy atom. The third kappa shape index (κ3) is 4.11. The van der Waals surface area contributed by atoms with Gasteiger partial charge in [-0.05, 0) is 18.9 Å². The van der Waals surface area contributed by atoms with Crippen molar-refractivity contribution in [1.29, 1.82) is 0 Å². The topological polar surface area (TPSA) is 32.7 Å². The zero-order valence-electron chi connectivity index (χ0n) is 10.4. The number of hydrogen-bond acceptors (Lipinski definition) is 3. The van der Waals surface area contributed by atoms with Crippen molar-refractivity contribution in [2.24, 2.45) is 0 Å². The van der Waals surface area contributed by atoms with Gasteiger partial charge in [0.15, 0.2) is 0 Å². The highest BCUT2D eigenvalue weighted by Gasteiger charge is 2.23. The maximum absolute atomic E-state index is 9.32. The van der Waals surface area contributed by atoms with Gasteiger partial charge in [0.1, 0.15) is 0 Å². The molecule has 2 rings (SSSR count). The number of rotatable bonds is 5. The lowest BCUT2D eigenvalue weighted by Gasteiger charge is -2.17. The quantitative estimate of drug-likeness (QED) is 0.842. The Bertz CT molecular complexity index is 326. The first-order valence-electron chi connectivity index (χ1n) is 6.30. The summed E-state index contributed by atoms with van der Waals surface area (Å²) in [7, 11) is 0. The molecule has 1 aliphatic rings. The summed E-state index contributed by atoms with van der Waals surface area (Å²) < 4.78 is 5.88. The first-order chi connectivity index (χ1) is 8.24. The van der Waals surface area contributed by atoms with Gasteiger partial charge in [-0.15, -0.1) is 0 Å². The van der Waals surface area contributed by atoms with Crippen molar-refractivity contribution in [2.45, 2.75) is 32.2 Å². The van der Waals surface area contributed by atoms with Crippen molar-refractivity contribution in [2.75, 3.05) is 19.6 Å². The summed E-state index contributed by atoms with van der Waals surface area (Å²) >= 11 is 0. The molecule has 1 heterocycles. The highest BCUT2D eigenvalue weighted by Crippen LogP contribution is 2.14. The lowest BCUT2D eigenvalue weighted by atomic mass is 10.2. The summed E-state index contributed by atoms with van der Waals surface area (Å²) in [6.45, 7) is 5.25. The van der Waals surface area contributed by atoms with E-state index in [1.165, 1.54) is 5.56 Å². The monoisotopic (exact) mass is 235 g/mol. The molecular weight excluding hydrogens is 214 g/mol. The Morgan fingerprint density at radius 2 is 2.18 bits per heavy atom. The van der Waals surface area contributed by atoms with E-state index in [2.05, 4.69) is 17.0 Å². The molecule has 1 saturated heterocycles. The molecular formula is C14H21NO2. The van der Waals surface area contributed by atoms with Crippen molar-refractivity contribution < 1.29 is 9.84 Å². The second kappa shape index (κ2) is 6.15.